The number of nitrogens with zero attached hydrogens (tertiary/aromatic N) is 1. The predicted molar refractivity (Wildman–Crippen MR) is 65.9 cm³/mol. The Kier molecular flexibility index (Phi) is 9.10. The summed E-state index contributed by atoms with van der Waals surface area (Å²) in [5.41, 5.74) is 1.99. The molecule has 0 bridgehead atoms. The summed E-state index contributed by atoms with van der Waals surface area (Å²) in [4.78, 5) is 10.4. The molecule has 1 rings (SSSR count). The minimum absolute atomic E-state index is 0. The molecule has 0 radical (unpaired) electrons. The van der Waals surface area contributed by atoms with E-state index in [1.54, 1.807) is 12.1 Å². The van der Waals surface area contributed by atoms with Crippen molar-refractivity contribution >= 4 is 28.7 Å². The maximum Gasteiger partial charge on any atom is 2.00 e. The first-order valence-electron chi connectivity index (χ1n) is 5.13. The van der Waals surface area contributed by atoms with Crippen molar-refractivity contribution in [3.8, 4) is 0 Å². The number of halogens is 1. The van der Waals surface area contributed by atoms with Gasteiger partial charge in [-0.3, -0.25) is 10.1 Å². The first-order chi connectivity index (χ1) is 6.91. The third-order valence-electron chi connectivity index (χ3n) is 2.35. The third-order valence-corrected chi connectivity index (χ3v) is 2.35. The molecule has 0 heterocycles. The molecular formula is C12H16BrMgNO2. The number of nitro benzene ring substituents is 1. The molecule has 0 aliphatic rings. The molecule has 0 aromatic heterocycles. The van der Waals surface area contributed by atoms with Crippen molar-refractivity contribution in [1.29, 1.82) is 0 Å². The van der Waals surface area contributed by atoms with Crippen molar-refractivity contribution in [3.63, 3.8) is 0 Å². The second-order valence-corrected chi connectivity index (χ2v) is 4.32. The molecule has 90 valence electrons. The van der Waals surface area contributed by atoms with Crippen LogP contribution in [0.3, 0.4) is 0 Å². The second-order valence-electron chi connectivity index (χ2n) is 4.32. The van der Waals surface area contributed by atoms with Crippen LogP contribution < -0.4 is 17.0 Å². The first kappa shape index (κ1) is 19.2. The molecular weight excluding hydrogens is 294 g/mol. The van der Waals surface area contributed by atoms with E-state index in [0.717, 1.165) is 11.1 Å². The molecule has 0 N–H and O–H groups in total. The topological polar surface area (TPSA) is 43.1 Å². The van der Waals surface area contributed by atoms with Gasteiger partial charge < -0.3 is 17.0 Å². The van der Waals surface area contributed by atoms with E-state index in [1.807, 2.05) is 27.7 Å². The monoisotopic (exact) mass is 309 g/mol. The average Bonchev–Trinajstić information content (AvgIpc) is 2.16. The molecule has 0 saturated heterocycles. The van der Waals surface area contributed by atoms with Gasteiger partial charge >= 0.3 is 23.1 Å². The Morgan fingerprint density at radius 1 is 1.12 bits per heavy atom. The zero-order valence-electron chi connectivity index (χ0n) is 10.7. The van der Waals surface area contributed by atoms with Gasteiger partial charge in [-0.2, -0.15) is 17.2 Å². The van der Waals surface area contributed by atoms with Crippen LogP contribution >= 0.6 is 0 Å². The van der Waals surface area contributed by atoms with Gasteiger partial charge in [0.15, 0.2) is 5.69 Å². The zero-order chi connectivity index (χ0) is 11.6. The van der Waals surface area contributed by atoms with Crippen LogP contribution in [-0.2, 0) is 0 Å². The van der Waals surface area contributed by atoms with Crippen molar-refractivity contribution < 1.29 is 21.9 Å². The largest absolute Gasteiger partial charge is 2.00 e. The molecule has 0 fully saturated rings. The van der Waals surface area contributed by atoms with E-state index in [0.29, 0.717) is 0 Å². The Morgan fingerprint density at radius 2 is 1.47 bits per heavy atom. The van der Waals surface area contributed by atoms with Crippen molar-refractivity contribution in [1.82, 2.24) is 0 Å². The fraction of sp³-hybridized carbons (Fsp3) is 0.500. The number of non-ortho nitro benzene ring substituents is 1. The summed E-state index contributed by atoms with van der Waals surface area (Å²) >= 11 is 0. The van der Waals surface area contributed by atoms with Gasteiger partial charge in [-0.25, -0.2) is 0 Å². The molecule has 5 heteroatoms. The number of nitro groups is 1. The van der Waals surface area contributed by atoms with Crippen LogP contribution in [-0.4, -0.2) is 28.0 Å². The molecule has 0 aliphatic heterocycles. The quantitative estimate of drug-likeness (QED) is 0.348. The van der Waals surface area contributed by atoms with Crippen molar-refractivity contribution in [3.05, 3.63) is 39.4 Å². The summed E-state index contributed by atoms with van der Waals surface area (Å²) in [6, 6.07) is 6.45. The van der Waals surface area contributed by atoms with Crippen LogP contribution in [0.2, 0.25) is 0 Å². The summed E-state index contributed by atoms with van der Waals surface area (Å²) in [7, 11) is 0. The van der Waals surface area contributed by atoms with E-state index >= 15 is 0 Å². The average molecular weight is 310 g/mol. The standard InChI is InChI=1S/C12H16NO2.BrH.Mg/c1-8(2)10-5-11(9(3)4)7-12(6-10)13(14)15;;/h6-9H,1-4H3;1H;/q-1;;+2/p-1. The Morgan fingerprint density at radius 3 is 1.71 bits per heavy atom. The SMILES string of the molecule is CC(C)c1[c-]c(C(C)C)cc([N+](=O)[O-])c1.[Br-].[Mg+2]. The number of benzene rings is 1. The van der Waals surface area contributed by atoms with Crippen molar-refractivity contribution in [2.45, 2.75) is 39.5 Å². The van der Waals surface area contributed by atoms with Crippen LogP contribution in [0.15, 0.2) is 12.1 Å². The molecule has 1 aromatic rings. The maximum atomic E-state index is 10.7. The second kappa shape index (κ2) is 8.05. The summed E-state index contributed by atoms with van der Waals surface area (Å²) in [6.07, 6.45) is 0. The summed E-state index contributed by atoms with van der Waals surface area (Å²) in [6.45, 7) is 8.05. The predicted octanol–water partition coefficient (Wildman–Crippen LogP) is 0.265. The molecule has 17 heavy (non-hydrogen) atoms. The van der Waals surface area contributed by atoms with Gasteiger partial charge in [-0.1, -0.05) is 39.8 Å². The van der Waals surface area contributed by atoms with Gasteiger partial charge in [-0.15, -0.1) is 0 Å². The van der Waals surface area contributed by atoms with Crippen LogP contribution in [0.1, 0.15) is 50.7 Å². The van der Waals surface area contributed by atoms with E-state index < -0.39 is 0 Å². The molecule has 0 unspecified atom stereocenters. The van der Waals surface area contributed by atoms with E-state index in [1.165, 1.54) is 0 Å². The summed E-state index contributed by atoms with van der Waals surface area (Å²) in [5.74, 6) is 0.532. The fourth-order valence-corrected chi connectivity index (χ4v) is 1.33. The summed E-state index contributed by atoms with van der Waals surface area (Å²) < 4.78 is 0. The Balaban J connectivity index is 0. The van der Waals surface area contributed by atoms with Gasteiger partial charge in [0, 0.05) is 4.92 Å². The number of rotatable bonds is 3. The zero-order valence-corrected chi connectivity index (χ0v) is 13.7. The Labute approximate surface area is 129 Å². The van der Waals surface area contributed by atoms with Gasteiger partial charge in [-0.05, 0) is 11.8 Å². The van der Waals surface area contributed by atoms with E-state index in [2.05, 4.69) is 6.07 Å². The molecule has 0 spiro atoms. The van der Waals surface area contributed by atoms with Gasteiger partial charge in [0.2, 0.25) is 0 Å². The third kappa shape index (κ3) is 5.36. The minimum atomic E-state index is -0.342. The molecule has 3 nitrogen and oxygen atoms in total. The van der Waals surface area contributed by atoms with Gasteiger partial charge in [0.1, 0.15) is 0 Å². The Hall–Kier alpha value is -0.134. The minimum Gasteiger partial charge on any atom is -1.00 e. The molecule has 0 atom stereocenters. The normalized spacial score (nSPS) is 9.76. The Bertz CT molecular complexity index is 355. The van der Waals surface area contributed by atoms with Crippen LogP contribution in [0.25, 0.3) is 0 Å². The van der Waals surface area contributed by atoms with Crippen molar-refractivity contribution in [2.75, 3.05) is 0 Å². The number of hydrogen-bond donors (Lipinski definition) is 0. The van der Waals surface area contributed by atoms with E-state index in [-0.39, 0.29) is 62.5 Å². The van der Waals surface area contributed by atoms with Crippen LogP contribution in [0, 0.1) is 16.2 Å². The summed E-state index contributed by atoms with van der Waals surface area (Å²) in [5, 5.41) is 10.7. The van der Waals surface area contributed by atoms with Crippen LogP contribution in [0.4, 0.5) is 5.69 Å². The smallest absolute Gasteiger partial charge is 1.00 e. The molecule has 1 aromatic carbocycles. The molecule has 0 amide bonds. The fourth-order valence-electron chi connectivity index (χ4n) is 1.33. The van der Waals surface area contributed by atoms with Crippen molar-refractivity contribution in [2.24, 2.45) is 0 Å². The molecule has 0 aliphatic carbocycles. The molecule has 0 saturated carbocycles. The van der Waals surface area contributed by atoms with E-state index in [9.17, 15) is 10.1 Å². The first-order valence-corrected chi connectivity index (χ1v) is 5.13. The van der Waals surface area contributed by atoms with E-state index in [4.69, 9.17) is 0 Å². The van der Waals surface area contributed by atoms with Gasteiger partial charge in [0.25, 0.3) is 0 Å². The van der Waals surface area contributed by atoms with Gasteiger partial charge in [0.05, 0.1) is 0 Å². The maximum absolute atomic E-state index is 10.7. The number of hydrogen-bond acceptors (Lipinski definition) is 2. The van der Waals surface area contributed by atoms with Crippen LogP contribution in [0.5, 0.6) is 0 Å².